The molecular weight excluding hydrogens is 210 g/mol. The van der Waals surface area contributed by atoms with Crippen molar-refractivity contribution in [3.05, 3.63) is 29.3 Å². The molecule has 2 N–H and O–H groups in total. The van der Waals surface area contributed by atoms with Crippen LogP contribution in [0, 0.1) is 0 Å². The first-order valence-corrected chi connectivity index (χ1v) is 6.29. The molecule has 0 aliphatic rings. The van der Waals surface area contributed by atoms with E-state index in [1.54, 1.807) is 7.11 Å². The SMILES string of the molecule is COc1cc(C(C)C)ccc1CCC(C)(C)N. The summed E-state index contributed by atoms with van der Waals surface area (Å²) in [6.07, 6.45) is 1.93. The smallest absolute Gasteiger partial charge is 0.122 e. The second-order valence-electron chi connectivity index (χ2n) is 5.71. The maximum atomic E-state index is 6.01. The van der Waals surface area contributed by atoms with Gasteiger partial charge in [0.05, 0.1) is 7.11 Å². The van der Waals surface area contributed by atoms with Gasteiger partial charge in [-0.15, -0.1) is 0 Å². The molecule has 0 bridgehead atoms. The van der Waals surface area contributed by atoms with E-state index < -0.39 is 0 Å². The van der Waals surface area contributed by atoms with Crippen molar-refractivity contribution in [1.82, 2.24) is 0 Å². The fourth-order valence-corrected chi connectivity index (χ4v) is 1.78. The van der Waals surface area contributed by atoms with Gasteiger partial charge < -0.3 is 10.5 Å². The van der Waals surface area contributed by atoms with Gasteiger partial charge in [-0.2, -0.15) is 0 Å². The number of ether oxygens (including phenoxy) is 1. The summed E-state index contributed by atoms with van der Waals surface area (Å²) in [5.41, 5.74) is 8.45. The molecule has 0 atom stereocenters. The van der Waals surface area contributed by atoms with Crippen LogP contribution in [-0.2, 0) is 6.42 Å². The Hall–Kier alpha value is -1.02. The van der Waals surface area contributed by atoms with Gasteiger partial charge >= 0.3 is 0 Å². The van der Waals surface area contributed by atoms with Gasteiger partial charge in [-0.1, -0.05) is 26.0 Å². The van der Waals surface area contributed by atoms with Crippen LogP contribution in [0.1, 0.15) is 51.2 Å². The number of rotatable bonds is 5. The van der Waals surface area contributed by atoms with Crippen molar-refractivity contribution in [2.45, 2.75) is 52.0 Å². The molecule has 1 rings (SSSR count). The minimum atomic E-state index is -0.123. The van der Waals surface area contributed by atoms with Gasteiger partial charge in [0.1, 0.15) is 5.75 Å². The first-order chi connectivity index (χ1) is 7.83. The number of hydrogen-bond donors (Lipinski definition) is 1. The van der Waals surface area contributed by atoms with Gasteiger partial charge in [-0.25, -0.2) is 0 Å². The van der Waals surface area contributed by atoms with Crippen molar-refractivity contribution in [2.75, 3.05) is 7.11 Å². The summed E-state index contributed by atoms with van der Waals surface area (Å²) >= 11 is 0. The van der Waals surface area contributed by atoms with Gasteiger partial charge in [0.25, 0.3) is 0 Å². The molecule has 0 aliphatic carbocycles. The number of methoxy groups -OCH3 is 1. The Labute approximate surface area is 105 Å². The highest BCUT2D eigenvalue weighted by atomic mass is 16.5. The second kappa shape index (κ2) is 5.54. The third-order valence-corrected chi connectivity index (χ3v) is 3.02. The second-order valence-corrected chi connectivity index (χ2v) is 5.71. The van der Waals surface area contributed by atoms with E-state index in [4.69, 9.17) is 10.5 Å². The highest BCUT2D eigenvalue weighted by Crippen LogP contribution is 2.26. The van der Waals surface area contributed by atoms with Crippen LogP contribution < -0.4 is 10.5 Å². The molecule has 0 aliphatic heterocycles. The number of benzene rings is 1. The summed E-state index contributed by atoms with van der Waals surface area (Å²) in [5, 5.41) is 0. The van der Waals surface area contributed by atoms with Crippen molar-refractivity contribution in [3.63, 3.8) is 0 Å². The van der Waals surface area contributed by atoms with Crippen molar-refractivity contribution in [3.8, 4) is 5.75 Å². The minimum absolute atomic E-state index is 0.123. The molecule has 2 nitrogen and oxygen atoms in total. The topological polar surface area (TPSA) is 35.2 Å². The summed E-state index contributed by atoms with van der Waals surface area (Å²) < 4.78 is 5.46. The molecule has 96 valence electrons. The van der Waals surface area contributed by atoms with Crippen LogP contribution in [-0.4, -0.2) is 12.6 Å². The average Bonchev–Trinajstić information content (AvgIpc) is 2.24. The predicted octanol–water partition coefficient (Wildman–Crippen LogP) is 3.49. The molecule has 0 fully saturated rings. The molecule has 1 aromatic rings. The van der Waals surface area contributed by atoms with E-state index >= 15 is 0 Å². The lowest BCUT2D eigenvalue weighted by atomic mass is 9.94. The van der Waals surface area contributed by atoms with Gasteiger partial charge in [-0.3, -0.25) is 0 Å². The van der Waals surface area contributed by atoms with Gasteiger partial charge in [-0.05, 0) is 49.8 Å². The van der Waals surface area contributed by atoms with E-state index in [1.165, 1.54) is 11.1 Å². The molecule has 0 saturated carbocycles. The zero-order valence-corrected chi connectivity index (χ0v) is 11.7. The zero-order chi connectivity index (χ0) is 13.1. The molecule has 0 spiro atoms. The Balaban J connectivity index is 2.86. The lowest BCUT2D eigenvalue weighted by molar-refractivity contribution is 0.403. The van der Waals surface area contributed by atoms with Crippen LogP contribution in [0.25, 0.3) is 0 Å². The summed E-state index contributed by atoms with van der Waals surface area (Å²) in [5.74, 6) is 1.52. The fraction of sp³-hybridized carbons (Fsp3) is 0.600. The van der Waals surface area contributed by atoms with Crippen molar-refractivity contribution in [1.29, 1.82) is 0 Å². The fourth-order valence-electron chi connectivity index (χ4n) is 1.78. The van der Waals surface area contributed by atoms with E-state index in [0.29, 0.717) is 5.92 Å². The molecule has 2 heteroatoms. The standard InChI is InChI=1S/C15H25NO/c1-11(2)13-7-6-12(14(10-13)17-5)8-9-15(3,4)16/h6-7,10-11H,8-9,16H2,1-5H3. The van der Waals surface area contributed by atoms with Crippen molar-refractivity contribution in [2.24, 2.45) is 5.73 Å². The Morgan fingerprint density at radius 3 is 2.41 bits per heavy atom. The number of aryl methyl sites for hydroxylation is 1. The van der Waals surface area contributed by atoms with Gasteiger partial charge in [0.2, 0.25) is 0 Å². The predicted molar refractivity (Wildman–Crippen MR) is 73.7 cm³/mol. The van der Waals surface area contributed by atoms with Crippen LogP contribution in [0.3, 0.4) is 0 Å². The van der Waals surface area contributed by atoms with Crippen LogP contribution in [0.5, 0.6) is 5.75 Å². The maximum absolute atomic E-state index is 6.01. The molecule has 0 radical (unpaired) electrons. The molecule has 1 aromatic carbocycles. The molecule has 0 saturated heterocycles. The number of hydrogen-bond acceptors (Lipinski definition) is 2. The first kappa shape index (κ1) is 14.0. The minimum Gasteiger partial charge on any atom is -0.496 e. The Kier molecular flexibility index (Phi) is 4.58. The molecule has 0 aromatic heterocycles. The van der Waals surface area contributed by atoms with E-state index in [-0.39, 0.29) is 5.54 Å². The van der Waals surface area contributed by atoms with E-state index in [9.17, 15) is 0 Å². The lowest BCUT2D eigenvalue weighted by Gasteiger charge is -2.19. The van der Waals surface area contributed by atoms with Gasteiger partial charge in [0.15, 0.2) is 0 Å². The molecule has 0 heterocycles. The highest BCUT2D eigenvalue weighted by molar-refractivity contribution is 5.38. The number of nitrogens with two attached hydrogens (primary N) is 1. The zero-order valence-electron chi connectivity index (χ0n) is 11.7. The Morgan fingerprint density at radius 1 is 1.29 bits per heavy atom. The van der Waals surface area contributed by atoms with Crippen molar-refractivity contribution >= 4 is 0 Å². The Morgan fingerprint density at radius 2 is 1.94 bits per heavy atom. The lowest BCUT2D eigenvalue weighted by Crippen LogP contribution is -2.32. The summed E-state index contributed by atoms with van der Waals surface area (Å²) in [4.78, 5) is 0. The quantitative estimate of drug-likeness (QED) is 0.848. The Bertz CT molecular complexity index is 364. The van der Waals surface area contributed by atoms with Crippen LogP contribution in [0.4, 0.5) is 0 Å². The summed E-state index contributed by atoms with van der Waals surface area (Å²) in [6.45, 7) is 8.50. The highest BCUT2D eigenvalue weighted by Gasteiger charge is 2.13. The third kappa shape index (κ3) is 4.39. The molecule has 0 unspecified atom stereocenters. The van der Waals surface area contributed by atoms with E-state index in [2.05, 4.69) is 45.9 Å². The van der Waals surface area contributed by atoms with E-state index in [0.717, 1.165) is 18.6 Å². The molecule has 0 amide bonds. The molecule has 17 heavy (non-hydrogen) atoms. The largest absolute Gasteiger partial charge is 0.496 e. The normalized spacial score (nSPS) is 11.9. The summed E-state index contributed by atoms with van der Waals surface area (Å²) in [7, 11) is 1.73. The first-order valence-electron chi connectivity index (χ1n) is 6.29. The van der Waals surface area contributed by atoms with Crippen molar-refractivity contribution < 1.29 is 4.74 Å². The maximum Gasteiger partial charge on any atom is 0.122 e. The summed E-state index contributed by atoms with van der Waals surface area (Å²) in [6, 6.07) is 6.50. The average molecular weight is 235 g/mol. The third-order valence-electron chi connectivity index (χ3n) is 3.02. The van der Waals surface area contributed by atoms with Crippen LogP contribution in [0.2, 0.25) is 0 Å². The molecular formula is C15H25NO. The monoisotopic (exact) mass is 235 g/mol. The van der Waals surface area contributed by atoms with E-state index in [1.807, 2.05) is 0 Å². The van der Waals surface area contributed by atoms with Gasteiger partial charge in [0, 0.05) is 5.54 Å². The van der Waals surface area contributed by atoms with Crippen LogP contribution in [0.15, 0.2) is 18.2 Å². The van der Waals surface area contributed by atoms with Crippen LogP contribution >= 0.6 is 0 Å².